The lowest BCUT2D eigenvalue weighted by molar-refractivity contribution is 0.101. The monoisotopic (exact) mass is 798 g/mol. The summed E-state index contributed by atoms with van der Waals surface area (Å²) in [5, 5.41) is 4.99. The van der Waals surface area contributed by atoms with Crippen molar-refractivity contribution >= 4 is 54.6 Å². The Bertz CT molecular complexity index is 2310. The molecule has 0 atom stereocenters. The van der Waals surface area contributed by atoms with Gasteiger partial charge in [0.05, 0.1) is 53.3 Å². The lowest BCUT2D eigenvalue weighted by Crippen LogP contribution is -2.24. The number of ether oxygens (including phenoxy) is 2. The Morgan fingerprint density at radius 3 is 1.52 bits per heavy atom. The van der Waals surface area contributed by atoms with Gasteiger partial charge in [0.1, 0.15) is 0 Å². The fraction of sp³-hybridized carbons (Fsp3) is 0.238. The van der Waals surface area contributed by atoms with Gasteiger partial charge in [0.2, 0.25) is 20.0 Å². The van der Waals surface area contributed by atoms with Crippen molar-refractivity contribution in [2.75, 3.05) is 40.4 Å². The van der Waals surface area contributed by atoms with Gasteiger partial charge in [-0.05, 0) is 97.5 Å². The number of rotatable bonds is 19. The van der Waals surface area contributed by atoms with Crippen LogP contribution in [0.15, 0.2) is 121 Å². The molecule has 0 saturated heterocycles. The van der Waals surface area contributed by atoms with E-state index in [2.05, 4.69) is 20.1 Å². The van der Waals surface area contributed by atoms with Crippen LogP contribution in [0.5, 0.6) is 0 Å². The van der Waals surface area contributed by atoms with Gasteiger partial charge in [-0.1, -0.05) is 72.8 Å². The molecule has 294 valence electrons. The molecule has 5 rings (SSSR count). The first kappa shape index (κ1) is 41.6. The van der Waals surface area contributed by atoms with Gasteiger partial charge in [0.25, 0.3) is 11.8 Å². The van der Waals surface area contributed by atoms with Crippen molar-refractivity contribution in [2.24, 2.45) is 0 Å². The van der Waals surface area contributed by atoms with Crippen molar-refractivity contribution in [3.05, 3.63) is 155 Å². The molecule has 0 bridgehead atoms. The number of benzene rings is 5. The number of methoxy groups -OCH3 is 1. The molecule has 0 aliphatic heterocycles. The molecule has 14 heteroatoms. The third-order valence-electron chi connectivity index (χ3n) is 8.68. The highest BCUT2D eigenvalue weighted by Crippen LogP contribution is 2.22. The van der Waals surface area contributed by atoms with Gasteiger partial charge >= 0.3 is 0 Å². The smallest absolute Gasteiger partial charge is 0.257 e. The van der Waals surface area contributed by atoms with Gasteiger partial charge in [0, 0.05) is 18.5 Å². The van der Waals surface area contributed by atoms with Gasteiger partial charge < -0.3 is 20.1 Å². The van der Waals surface area contributed by atoms with Crippen molar-refractivity contribution in [1.29, 1.82) is 0 Å². The number of hydrogen-bond acceptors (Lipinski definition) is 8. The highest BCUT2D eigenvalue weighted by atomic mass is 32.2. The quantitative estimate of drug-likeness (QED) is 0.0635. The van der Waals surface area contributed by atoms with E-state index in [0.29, 0.717) is 43.2 Å². The van der Waals surface area contributed by atoms with Crippen LogP contribution in [0.3, 0.4) is 0 Å². The number of carbonyl (C=O) groups is 2. The molecule has 2 amide bonds. The number of sulfonamides is 2. The zero-order chi connectivity index (χ0) is 40.1. The molecule has 0 aliphatic rings. The summed E-state index contributed by atoms with van der Waals surface area (Å²) >= 11 is 0. The molecule has 0 radical (unpaired) electrons. The van der Waals surface area contributed by atoms with Crippen LogP contribution in [0.4, 0.5) is 22.7 Å². The summed E-state index contributed by atoms with van der Waals surface area (Å²) in [5.41, 5.74) is 5.46. The molecule has 12 nitrogen and oxygen atoms in total. The number of amides is 2. The largest absolute Gasteiger partial charge is 0.384 e. The van der Waals surface area contributed by atoms with Gasteiger partial charge in [-0.2, -0.15) is 0 Å². The molecule has 0 aromatic heterocycles. The van der Waals surface area contributed by atoms with E-state index in [0.717, 1.165) is 23.1 Å². The molecule has 4 N–H and O–H groups in total. The van der Waals surface area contributed by atoms with Gasteiger partial charge in [-0.15, -0.1) is 0 Å². The molecule has 5 aromatic rings. The van der Waals surface area contributed by atoms with E-state index < -0.39 is 37.1 Å². The maximum absolute atomic E-state index is 13.2. The molecular formula is C42H46N4O8S2. The first-order valence-electron chi connectivity index (χ1n) is 18.0. The fourth-order valence-electron chi connectivity index (χ4n) is 5.47. The minimum Gasteiger partial charge on any atom is -0.384 e. The Hall–Kier alpha value is -5.54. The van der Waals surface area contributed by atoms with E-state index >= 15 is 0 Å². The first-order chi connectivity index (χ1) is 26.8. The van der Waals surface area contributed by atoms with Crippen molar-refractivity contribution in [2.45, 2.75) is 44.3 Å². The molecule has 0 unspecified atom stereocenters. The van der Waals surface area contributed by atoms with Crippen LogP contribution in [-0.4, -0.2) is 54.2 Å². The third kappa shape index (κ3) is 12.2. The number of para-hydroxylation sites is 2. The fourth-order valence-corrected chi connectivity index (χ4v) is 7.41. The summed E-state index contributed by atoms with van der Waals surface area (Å²) in [4.78, 5) is 26.1. The average molecular weight is 799 g/mol. The maximum Gasteiger partial charge on any atom is 0.257 e. The van der Waals surface area contributed by atoms with Crippen LogP contribution in [0, 0.1) is 0 Å². The molecule has 5 aromatic carbocycles. The highest BCUT2D eigenvalue weighted by molar-refractivity contribution is 7.93. The molecule has 0 saturated carbocycles. The maximum atomic E-state index is 13.2. The number of hydrogen-bond donors (Lipinski definition) is 4. The second-order valence-electron chi connectivity index (χ2n) is 13.3. The van der Waals surface area contributed by atoms with Crippen LogP contribution in [0.1, 0.15) is 56.8 Å². The van der Waals surface area contributed by atoms with E-state index in [1.807, 2.05) is 36.4 Å². The van der Waals surface area contributed by atoms with Gasteiger partial charge in [-0.25, -0.2) is 16.8 Å². The molecule has 56 heavy (non-hydrogen) atoms. The normalized spacial score (nSPS) is 11.6. The van der Waals surface area contributed by atoms with E-state index in [1.165, 1.54) is 0 Å². The third-order valence-corrected chi connectivity index (χ3v) is 11.7. The molecule has 0 spiro atoms. The lowest BCUT2D eigenvalue weighted by atomic mass is 10.1. The Morgan fingerprint density at radius 1 is 0.571 bits per heavy atom. The summed E-state index contributed by atoms with van der Waals surface area (Å²) in [6.45, 7) is 4.48. The summed E-state index contributed by atoms with van der Waals surface area (Å²) in [6, 6.07) is 34.7. The summed E-state index contributed by atoms with van der Waals surface area (Å²) in [5.74, 6) is -1.16. The minimum absolute atomic E-state index is 0.182. The molecule has 0 heterocycles. The molecule has 0 fully saturated rings. The van der Waals surface area contributed by atoms with Crippen LogP contribution >= 0.6 is 0 Å². The first-order valence-corrected chi connectivity index (χ1v) is 21.2. The molecular weight excluding hydrogens is 753 g/mol. The van der Waals surface area contributed by atoms with Gasteiger partial charge in [0.15, 0.2) is 0 Å². The number of nitrogens with one attached hydrogen (secondary N) is 4. The van der Waals surface area contributed by atoms with E-state index in [4.69, 9.17) is 9.47 Å². The van der Waals surface area contributed by atoms with E-state index in [9.17, 15) is 26.4 Å². The highest BCUT2D eigenvalue weighted by Gasteiger charge is 2.20. The van der Waals surface area contributed by atoms with Crippen LogP contribution < -0.4 is 20.1 Å². The van der Waals surface area contributed by atoms with E-state index in [-0.39, 0.29) is 28.3 Å². The number of carbonyl (C=O) groups excluding carboxylic acids is 2. The molecule has 0 aliphatic carbocycles. The predicted octanol–water partition coefficient (Wildman–Crippen LogP) is 7.23. The van der Waals surface area contributed by atoms with Crippen LogP contribution in [0.25, 0.3) is 0 Å². The zero-order valence-electron chi connectivity index (χ0n) is 31.4. The summed E-state index contributed by atoms with van der Waals surface area (Å²) < 4.78 is 67.1. The van der Waals surface area contributed by atoms with Crippen LogP contribution in [0.2, 0.25) is 0 Å². The van der Waals surface area contributed by atoms with Crippen molar-refractivity contribution in [3.63, 3.8) is 0 Å². The standard InChI is InChI=1S/C42H46N4O8S2/c1-30(2)56(51,52)46-40-11-7-5-9-38(40)42(48)44-36-22-18-32(19-23-36)25-27-54-28-33-12-14-34(15-13-33)29-55(49,50)45-39-10-6-4-8-37(39)41(47)43-35-20-16-31(17-21-35)24-26-53-3/h4-23,30,45-46H,24-29H2,1-3H3,(H,43,47)(H,44,48). The number of anilines is 4. The predicted molar refractivity (Wildman–Crippen MR) is 221 cm³/mol. The Morgan fingerprint density at radius 2 is 1.02 bits per heavy atom. The van der Waals surface area contributed by atoms with Crippen molar-refractivity contribution in [1.82, 2.24) is 0 Å². The Balaban J connectivity index is 1.07. The second kappa shape index (κ2) is 19.4. The van der Waals surface area contributed by atoms with Crippen LogP contribution in [-0.2, 0) is 54.7 Å². The SMILES string of the molecule is COCCc1ccc(NC(=O)c2ccccc2NS(=O)(=O)Cc2ccc(COCCc3ccc(NC(=O)c4ccccc4NS(=O)(=O)C(C)C)cc3)cc2)cc1. The lowest BCUT2D eigenvalue weighted by Gasteiger charge is -2.14. The minimum atomic E-state index is -3.85. The average Bonchev–Trinajstić information content (AvgIpc) is 3.17. The summed E-state index contributed by atoms with van der Waals surface area (Å²) in [7, 11) is -5.84. The van der Waals surface area contributed by atoms with Gasteiger partial charge in [-0.3, -0.25) is 19.0 Å². The second-order valence-corrected chi connectivity index (χ2v) is 17.3. The van der Waals surface area contributed by atoms with E-state index in [1.54, 1.807) is 106 Å². The zero-order valence-corrected chi connectivity index (χ0v) is 33.1. The van der Waals surface area contributed by atoms with Crippen molar-refractivity contribution < 1.29 is 35.9 Å². The topological polar surface area (TPSA) is 169 Å². The Kier molecular flexibility index (Phi) is 14.4. The summed E-state index contributed by atoms with van der Waals surface area (Å²) in [6.07, 6.45) is 1.38. The Labute approximate surface area is 328 Å². The van der Waals surface area contributed by atoms with Crippen molar-refractivity contribution in [3.8, 4) is 0 Å².